The molecule has 0 spiro atoms. The molecule has 2 rings (SSSR count). The Morgan fingerprint density at radius 3 is 2.90 bits per heavy atom. The molecule has 0 aliphatic heterocycles. The molecule has 21 heavy (non-hydrogen) atoms. The Bertz CT molecular complexity index is 642. The van der Waals surface area contributed by atoms with E-state index in [1.54, 1.807) is 11.8 Å². The number of nitrogens with one attached hydrogen (secondary N) is 1. The van der Waals surface area contributed by atoms with E-state index in [9.17, 15) is 4.79 Å². The van der Waals surface area contributed by atoms with E-state index in [2.05, 4.69) is 45.3 Å². The van der Waals surface area contributed by atoms with E-state index >= 15 is 0 Å². The van der Waals surface area contributed by atoms with Crippen LogP contribution in [0, 0.1) is 6.92 Å². The lowest BCUT2D eigenvalue weighted by Gasteiger charge is -2.14. The Morgan fingerprint density at radius 2 is 2.24 bits per heavy atom. The third-order valence-electron chi connectivity index (χ3n) is 3.13. The van der Waals surface area contributed by atoms with E-state index in [0.717, 1.165) is 21.0 Å². The Kier molecular flexibility index (Phi) is 5.36. The summed E-state index contributed by atoms with van der Waals surface area (Å²) >= 11 is 4.97. The zero-order valence-electron chi connectivity index (χ0n) is 12.3. The van der Waals surface area contributed by atoms with Crippen LogP contribution in [-0.2, 0) is 11.3 Å². The van der Waals surface area contributed by atoms with Gasteiger partial charge in [0.15, 0.2) is 5.13 Å². The number of hydrogen-bond acceptors (Lipinski definition) is 4. The fourth-order valence-electron chi connectivity index (χ4n) is 1.96. The molecule has 1 aromatic heterocycles. The molecular weight excluding hydrogens is 350 g/mol. The second-order valence-corrected chi connectivity index (χ2v) is 6.45. The molecule has 0 radical (unpaired) electrons. The zero-order valence-corrected chi connectivity index (χ0v) is 14.7. The maximum absolute atomic E-state index is 11.5. The standard InChI is InChI=1S/C15H18BrN3OS/c1-4-19(11(3)20)15-18-13(9-21-15)8-17-14-7-12(16)6-5-10(14)2/h5-7,9,17H,4,8H2,1-3H3. The van der Waals surface area contributed by atoms with Gasteiger partial charge in [-0.05, 0) is 31.5 Å². The van der Waals surface area contributed by atoms with Crippen LogP contribution >= 0.6 is 27.3 Å². The summed E-state index contributed by atoms with van der Waals surface area (Å²) in [5.74, 6) is 0.0224. The molecule has 112 valence electrons. The van der Waals surface area contributed by atoms with Gasteiger partial charge in [0, 0.05) is 29.0 Å². The molecule has 1 amide bonds. The maximum Gasteiger partial charge on any atom is 0.225 e. The fraction of sp³-hybridized carbons (Fsp3) is 0.333. The highest BCUT2D eigenvalue weighted by atomic mass is 79.9. The number of benzene rings is 1. The summed E-state index contributed by atoms with van der Waals surface area (Å²) in [7, 11) is 0. The van der Waals surface area contributed by atoms with Crippen LogP contribution in [-0.4, -0.2) is 17.4 Å². The summed E-state index contributed by atoms with van der Waals surface area (Å²) in [6.07, 6.45) is 0. The van der Waals surface area contributed by atoms with Gasteiger partial charge in [-0.15, -0.1) is 11.3 Å². The third kappa shape index (κ3) is 4.04. The molecule has 1 aromatic carbocycles. The van der Waals surface area contributed by atoms with Gasteiger partial charge in [0.25, 0.3) is 0 Å². The monoisotopic (exact) mass is 367 g/mol. The number of thiazole rings is 1. The quantitative estimate of drug-likeness (QED) is 0.860. The van der Waals surface area contributed by atoms with Gasteiger partial charge in [-0.25, -0.2) is 4.98 Å². The first kappa shape index (κ1) is 16.0. The number of halogens is 1. The molecule has 4 nitrogen and oxygen atoms in total. The normalized spacial score (nSPS) is 10.5. The van der Waals surface area contributed by atoms with E-state index in [1.165, 1.54) is 16.9 Å². The molecule has 0 saturated heterocycles. The van der Waals surface area contributed by atoms with Crippen molar-refractivity contribution >= 4 is 44.0 Å². The number of anilines is 2. The molecular formula is C15H18BrN3OS. The number of nitrogens with zero attached hydrogens (tertiary/aromatic N) is 2. The van der Waals surface area contributed by atoms with Crippen LogP contribution in [0.1, 0.15) is 25.1 Å². The lowest BCUT2D eigenvalue weighted by Crippen LogP contribution is -2.27. The first-order valence-corrected chi connectivity index (χ1v) is 8.41. The summed E-state index contributed by atoms with van der Waals surface area (Å²) in [6.45, 7) is 6.86. The van der Waals surface area contributed by atoms with Gasteiger partial charge in [0.2, 0.25) is 5.91 Å². The maximum atomic E-state index is 11.5. The number of rotatable bonds is 5. The van der Waals surface area contributed by atoms with E-state index in [1.807, 2.05) is 18.4 Å². The number of amides is 1. The number of aryl methyl sites for hydroxylation is 1. The Morgan fingerprint density at radius 1 is 1.48 bits per heavy atom. The van der Waals surface area contributed by atoms with E-state index in [-0.39, 0.29) is 5.91 Å². The van der Waals surface area contributed by atoms with Crippen LogP contribution in [0.5, 0.6) is 0 Å². The molecule has 0 aliphatic carbocycles. The summed E-state index contributed by atoms with van der Waals surface area (Å²) in [6, 6.07) is 6.14. The van der Waals surface area contributed by atoms with Crippen LogP contribution < -0.4 is 10.2 Å². The average molecular weight is 368 g/mol. The van der Waals surface area contributed by atoms with Crippen molar-refractivity contribution in [3.05, 3.63) is 39.3 Å². The van der Waals surface area contributed by atoms with E-state index in [0.29, 0.717) is 13.1 Å². The van der Waals surface area contributed by atoms with Crippen molar-refractivity contribution in [2.45, 2.75) is 27.3 Å². The highest BCUT2D eigenvalue weighted by Crippen LogP contribution is 2.23. The predicted octanol–water partition coefficient (Wildman–Crippen LogP) is 4.20. The van der Waals surface area contributed by atoms with Crippen molar-refractivity contribution in [1.29, 1.82) is 0 Å². The summed E-state index contributed by atoms with van der Waals surface area (Å²) in [5.41, 5.74) is 3.21. The molecule has 0 saturated carbocycles. The highest BCUT2D eigenvalue weighted by Gasteiger charge is 2.13. The first-order valence-electron chi connectivity index (χ1n) is 6.73. The minimum Gasteiger partial charge on any atom is -0.379 e. The van der Waals surface area contributed by atoms with Crippen LogP contribution in [0.25, 0.3) is 0 Å². The molecule has 0 unspecified atom stereocenters. The minimum absolute atomic E-state index is 0.0224. The molecule has 0 fully saturated rings. The van der Waals surface area contributed by atoms with Gasteiger partial charge in [-0.3, -0.25) is 9.69 Å². The van der Waals surface area contributed by atoms with Gasteiger partial charge < -0.3 is 5.32 Å². The van der Waals surface area contributed by atoms with Crippen molar-refractivity contribution < 1.29 is 4.79 Å². The van der Waals surface area contributed by atoms with Gasteiger partial charge in [0.05, 0.1) is 12.2 Å². The van der Waals surface area contributed by atoms with Crippen LogP contribution in [0.4, 0.5) is 10.8 Å². The predicted molar refractivity (Wildman–Crippen MR) is 92.0 cm³/mol. The van der Waals surface area contributed by atoms with Gasteiger partial charge in [-0.1, -0.05) is 22.0 Å². The van der Waals surface area contributed by atoms with Gasteiger partial charge in [0.1, 0.15) is 0 Å². The number of carbonyl (C=O) groups is 1. The molecule has 0 atom stereocenters. The smallest absolute Gasteiger partial charge is 0.225 e. The highest BCUT2D eigenvalue weighted by molar-refractivity contribution is 9.10. The first-order chi connectivity index (χ1) is 10.0. The molecule has 0 bridgehead atoms. The van der Waals surface area contributed by atoms with Crippen molar-refractivity contribution in [2.24, 2.45) is 0 Å². The molecule has 0 aliphatic rings. The molecule has 2 aromatic rings. The largest absolute Gasteiger partial charge is 0.379 e. The minimum atomic E-state index is 0.0224. The molecule has 1 heterocycles. The molecule has 6 heteroatoms. The van der Waals surface area contributed by atoms with Crippen molar-refractivity contribution in [2.75, 3.05) is 16.8 Å². The topological polar surface area (TPSA) is 45.2 Å². The summed E-state index contributed by atoms with van der Waals surface area (Å²) < 4.78 is 1.04. The lowest BCUT2D eigenvalue weighted by molar-refractivity contribution is -0.116. The van der Waals surface area contributed by atoms with Crippen LogP contribution in [0.3, 0.4) is 0 Å². The van der Waals surface area contributed by atoms with Crippen molar-refractivity contribution in [1.82, 2.24) is 4.98 Å². The second kappa shape index (κ2) is 7.04. The summed E-state index contributed by atoms with van der Waals surface area (Å²) in [5, 5.41) is 6.12. The van der Waals surface area contributed by atoms with Gasteiger partial charge >= 0.3 is 0 Å². The summed E-state index contributed by atoms with van der Waals surface area (Å²) in [4.78, 5) is 17.7. The SMILES string of the molecule is CCN(C(C)=O)c1nc(CNc2cc(Br)ccc2C)cs1. The Labute approximate surface area is 137 Å². The lowest BCUT2D eigenvalue weighted by atomic mass is 10.2. The van der Waals surface area contributed by atoms with E-state index < -0.39 is 0 Å². The van der Waals surface area contributed by atoms with E-state index in [4.69, 9.17) is 0 Å². The average Bonchev–Trinajstić information content (AvgIpc) is 2.89. The van der Waals surface area contributed by atoms with Crippen LogP contribution in [0.15, 0.2) is 28.1 Å². The zero-order chi connectivity index (χ0) is 15.4. The van der Waals surface area contributed by atoms with Crippen molar-refractivity contribution in [3.63, 3.8) is 0 Å². The third-order valence-corrected chi connectivity index (χ3v) is 4.53. The van der Waals surface area contributed by atoms with Crippen molar-refractivity contribution in [3.8, 4) is 0 Å². The molecule has 1 N–H and O–H groups in total. The number of carbonyl (C=O) groups excluding carboxylic acids is 1. The van der Waals surface area contributed by atoms with Gasteiger partial charge in [-0.2, -0.15) is 0 Å². The Balaban J connectivity index is 2.06. The number of hydrogen-bond donors (Lipinski definition) is 1. The number of aromatic nitrogens is 1. The fourth-order valence-corrected chi connectivity index (χ4v) is 3.26. The Hall–Kier alpha value is -1.40. The van der Waals surface area contributed by atoms with Crippen LogP contribution in [0.2, 0.25) is 0 Å². The second-order valence-electron chi connectivity index (χ2n) is 4.70.